The lowest BCUT2D eigenvalue weighted by Gasteiger charge is -2.16. The molecule has 0 aromatic heterocycles. The van der Waals surface area contributed by atoms with Gasteiger partial charge in [0, 0.05) is 13.1 Å². The summed E-state index contributed by atoms with van der Waals surface area (Å²) in [5.41, 5.74) is 1.08. The molecule has 3 N–H and O–H groups in total. The normalized spacial score (nSPS) is 11.9. The van der Waals surface area contributed by atoms with Crippen LogP contribution in [0.1, 0.15) is 19.4 Å². The summed E-state index contributed by atoms with van der Waals surface area (Å²) < 4.78 is 11.2. The van der Waals surface area contributed by atoms with E-state index in [-0.39, 0.29) is 35.8 Å². The quantitative estimate of drug-likeness (QED) is 0.280. The Hall–Kier alpha value is -2.16. The van der Waals surface area contributed by atoms with Crippen LogP contribution in [0.5, 0.6) is 17.2 Å². The molecule has 0 saturated heterocycles. The summed E-state index contributed by atoms with van der Waals surface area (Å²) in [5.74, 6) is 2.46. The Bertz CT molecular complexity index is 740. The summed E-state index contributed by atoms with van der Waals surface area (Å²) in [5, 5.41) is 16.1. The van der Waals surface area contributed by atoms with E-state index in [1.165, 1.54) is 0 Å². The molecule has 0 amide bonds. The largest absolute Gasteiger partial charge is 0.508 e. The predicted octanol–water partition coefficient (Wildman–Crippen LogP) is 3.58. The molecular weight excluding hydrogens is 469 g/mol. The molecule has 0 aliphatic rings. The number of methoxy groups -OCH3 is 1. The molecule has 2 aromatic rings. The van der Waals surface area contributed by atoms with Gasteiger partial charge in [-0.15, -0.1) is 24.0 Å². The van der Waals surface area contributed by atoms with Gasteiger partial charge >= 0.3 is 0 Å². The van der Waals surface area contributed by atoms with Crippen LogP contribution in [0.15, 0.2) is 53.5 Å². The zero-order valence-corrected chi connectivity index (χ0v) is 19.0. The van der Waals surface area contributed by atoms with E-state index in [2.05, 4.69) is 15.6 Å². The Labute approximate surface area is 184 Å². The highest BCUT2D eigenvalue weighted by atomic mass is 127. The van der Waals surface area contributed by atoms with Crippen molar-refractivity contribution in [3.63, 3.8) is 0 Å². The third-order valence-corrected chi connectivity index (χ3v) is 3.86. The number of aliphatic imine (C=N–C) groups is 1. The van der Waals surface area contributed by atoms with Gasteiger partial charge in [-0.25, -0.2) is 4.99 Å². The van der Waals surface area contributed by atoms with Crippen molar-refractivity contribution in [2.24, 2.45) is 4.99 Å². The predicted molar refractivity (Wildman–Crippen MR) is 124 cm³/mol. The lowest BCUT2D eigenvalue weighted by Crippen LogP contribution is -2.39. The number of phenolic OH excluding ortho intramolecular Hbond substituents is 1. The van der Waals surface area contributed by atoms with Crippen LogP contribution >= 0.6 is 24.0 Å². The molecule has 28 heavy (non-hydrogen) atoms. The minimum absolute atomic E-state index is 0. The third-order valence-electron chi connectivity index (χ3n) is 3.86. The number of halogens is 1. The zero-order valence-electron chi connectivity index (χ0n) is 16.6. The van der Waals surface area contributed by atoms with Gasteiger partial charge in [0.2, 0.25) is 0 Å². The smallest absolute Gasteiger partial charge is 0.191 e. The standard InChI is InChI=1S/C21H29N3O3.HI/c1-4-22-21(23-13-12-17-8-7-9-18(25)14-17)24-15-16(2)27-20-11-6-5-10-19(20)26-3;/h5-11,14,16,25H,4,12-13,15H2,1-3H3,(H2,22,23,24);1H. The number of nitrogens with zero attached hydrogens (tertiary/aromatic N) is 1. The van der Waals surface area contributed by atoms with Crippen LogP contribution in [0.2, 0.25) is 0 Å². The van der Waals surface area contributed by atoms with E-state index < -0.39 is 0 Å². The van der Waals surface area contributed by atoms with Gasteiger partial charge in [0.05, 0.1) is 13.7 Å². The van der Waals surface area contributed by atoms with E-state index in [9.17, 15) is 5.11 Å². The molecule has 2 rings (SSSR count). The molecule has 7 heteroatoms. The molecule has 0 heterocycles. The Morgan fingerprint density at radius 1 is 1.11 bits per heavy atom. The second kappa shape index (κ2) is 13.1. The Kier molecular flexibility index (Phi) is 11.2. The fraction of sp³-hybridized carbons (Fsp3) is 0.381. The van der Waals surface area contributed by atoms with Crippen LogP contribution in [-0.4, -0.2) is 43.9 Å². The lowest BCUT2D eigenvalue weighted by molar-refractivity contribution is 0.219. The number of benzene rings is 2. The fourth-order valence-electron chi connectivity index (χ4n) is 2.57. The number of nitrogens with one attached hydrogen (secondary N) is 2. The molecule has 2 aromatic carbocycles. The van der Waals surface area contributed by atoms with Crippen LogP contribution in [0, 0.1) is 0 Å². The van der Waals surface area contributed by atoms with E-state index in [1.54, 1.807) is 19.2 Å². The molecule has 0 saturated carbocycles. The molecule has 154 valence electrons. The van der Waals surface area contributed by atoms with Crippen molar-refractivity contribution >= 4 is 29.9 Å². The number of para-hydroxylation sites is 2. The number of ether oxygens (including phenoxy) is 2. The SMILES string of the molecule is CCNC(=NCC(C)Oc1ccccc1OC)NCCc1cccc(O)c1.I. The highest BCUT2D eigenvalue weighted by Gasteiger charge is 2.08. The summed E-state index contributed by atoms with van der Waals surface area (Å²) >= 11 is 0. The highest BCUT2D eigenvalue weighted by molar-refractivity contribution is 14.0. The van der Waals surface area contributed by atoms with Crippen LogP contribution in [0.25, 0.3) is 0 Å². The minimum Gasteiger partial charge on any atom is -0.508 e. The number of aromatic hydroxyl groups is 1. The summed E-state index contributed by atoms with van der Waals surface area (Å²) in [6.45, 7) is 6.02. The van der Waals surface area contributed by atoms with E-state index >= 15 is 0 Å². The molecule has 0 fully saturated rings. The van der Waals surface area contributed by atoms with Crippen molar-refractivity contribution in [3.8, 4) is 17.2 Å². The molecule has 0 aliphatic heterocycles. The van der Waals surface area contributed by atoms with Gasteiger partial charge in [-0.1, -0.05) is 24.3 Å². The van der Waals surface area contributed by atoms with Crippen molar-refractivity contribution in [1.29, 1.82) is 0 Å². The Balaban J connectivity index is 0.00000392. The number of rotatable bonds is 9. The first-order chi connectivity index (χ1) is 13.1. The van der Waals surface area contributed by atoms with Crippen molar-refractivity contribution in [1.82, 2.24) is 10.6 Å². The van der Waals surface area contributed by atoms with Crippen molar-refractivity contribution in [2.75, 3.05) is 26.7 Å². The van der Waals surface area contributed by atoms with Gasteiger partial charge in [-0.2, -0.15) is 0 Å². The van der Waals surface area contributed by atoms with Gasteiger partial charge in [-0.3, -0.25) is 0 Å². The Morgan fingerprint density at radius 3 is 2.54 bits per heavy atom. The molecular formula is C21H30IN3O3. The fourth-order valence-corrected chi connectivity index (χ4v) is 2.57. The first-order valence-corrected chi connectivity index (χ1v) is 9.22. The highest BCUT2D eigenvalue weighted by Crippen LogP contribution is 2.26. The van der Waals surface area contributed by atoms with Gasteiger partial charge in [0.1, 0.15) is 11.9 Å². The van der Waals surface area contributed by atoms with Crippen LogP contribution in [-0.2, 0) is 6.42 Å². The first kappa shape index (κ1) is 23.9. The van der Waals surface area contributed by atoms with Crippen LogP contribution in [0.4, 0.5) is 0 Å². The average molecular weight is 499 g/mol. The van der Waals surface area contributed by atoms with Crippen molar-refractivity contribution in [3.05, 3.63) is 54.1 Å². The van der Waals surface area contributed by atoms with Crippen LogP contribution in [0.3, 0.4) is 0 Å². The second-order valence-electron chi connectivity index (χ2n) is 6.15. The van der Waals surface area contributed by atoms with Gasteiger partial charge in [0.25, 0.3) is 0 Å². The average Bonchev–Trinajstić information content (AvgIpc) is 2.66. The molecule has 1 unspecified atom stereocenters. The summed E-state index contributed by atoms with van der Waals surface area (Å²) in [6, 6.07) is 14.9. The maximum Gasteiger partial charge on any atom is 0.191 e. The van der Waals surface area contributed by atoms with Crippen LogP contribution < -0.4 is 20.1 Å². The molecule has 0 radical (unpaired) electrons. The molecule has 1 atom stereocenters. The number of hydrogen-bond acceptors (Lipinski definition) is 4. The number of phenols is 1. The first-order valence-electron chi connectivity index (χ1n) is 9.22. The van der Waals surface area contributed by atoms with Crippen molar-refractivity contribution in [2.45, 2.75) is 26.4 Å². The topological polar surface area (TPSA) is 75.1 Å². The maximum absolute atomic E-state index is 9.53. The summed E-state index contributed by atoms with van der Waals surface area (Å²) in [7, 11) is 1.63. The summed E-state index contributed by atoms with van der Waals surface area (Å²) in [4.78, 5) is 4.59. The number of hydrogen-bond donors (Lipinski definition) is 3. The van der Waals surface area contributed by atoms with E-state index in [4.69, 9.17) is 9.47 Å². The molecule has 0 spiro atoms. The lowest BCUT2D eigenvalue weighted by atomic mass is 10.1. The third kappa shape index (κ3) is 8.24. The molecule has 0 bridgehead atoms. The van der Waals surface area contributed by atoms with E-state index in [0.717, 1.165) is 31.0 Å². The van der Waals surface area contributed by atoms with E-state index in [1.807, 2.05) is 50.2 Å². The maximum atomic E-state index is 9.53. The van der Waals surface area contributed by atoms with E-state index in [0.29, 0.717) is 18.0 Å². The summed E-state index contributed by atoms with van der Waals surface area (Å²) in [6.07, 6.45) is 0.703. The molecule has 0 aliphatic carbocycles. The molecule has 6 nitrogen and oxygen atoms in total. The van der Waals surface area contributed by atoms with Crippen molar-refractivity contribution < 1.29 is 14.6 Å². The van der Waals surface area contributed by atoms with Gasteiger partial charge in [0.15, 0.2) is 17.5 Å². The number of guanidine groups is 1. The Morgan fingerprint density at radius 2 is 1.86 bits per heavy atom. The minimum atomic E-state index is -0.0946. The zero-order chi connectivity index (χ0) is 19.5. The van der Waals surface area contributed by atoms with Gasteiger partial charge < -0.3 is 25.2 Å². The van der Waals surface area contributed by atoms with Gasteiger partial charge in [-0.05, 0) is 50.1 Å². The monoisotopic (exact) mass is 499 g/mol. The second-order valence-corrected chi connectivity index (χ2v) is 6.15.